The summed E-state index contributed by atoms with van der Waals surface area (Å²) >= 11 is 0. The first kappa shape index (κ1) is 24.1. The zero-order valence-electron chi connectivity index (χ0n) is 22.2. The molecule has 12 atom stereocenters. The van der Waals surface area contributed by atoms with E-state index in [2.05, 4.69) is 55.4 Å². The molecular weight excluding hydrogens is 376 g/mol. The third kappa shape index (κ3) is 3.85. The van der Waals surface area contributed by atoms with Crippen molar-refractivity contribution in [3.63, 3.8) is 0 Å². The fourth-order valence-corrected chi connectivity index (χ4v) is 10.3. The highest BCUT2D eigenvalue weighted by atomic mass is 16.3. The van der Waals surface area contributed by atoms with Crippen molar-refractivity contribution in [2.45, 2.75) is 119 Å². The maximum absolute atomic E-state index is 10.6. The Morgan fingerprint density at radius 2 is 1.39 bits per heavy atom. The lowest BCUT2D eigenvalue weighted by Crippen LogP contribution is -2.56. The molecule has 4 saturated carbocycles. The minimum absolute atomic E-state index is 0.0459. The molecule has 0 bridgehead atoms. The Morgan fingerprint density at radius 3 is 2.06 bits per heavy atom. The highest BCUT2D eigenvalue weighted by molar-refractivity contribution is 5.10. The normalized spacial score (nSPS) is 50.3. The fraction of sp³-hybridized carbons (Fsp3) is 1.00. The Labute approximate surface area is 194 Å². The summed E-state index contributed by atoms with van der Waals surface area (Å²) in [6.07, 6.45) is 12.5. The molecule has 0 aliphatic heterocycles. The van der Waals surface area contributed by atoms with Gasteiger partial charge in [0.15, 0.2) is 0 Å². The van der Waals surface area contributed by atoms with Crippen LogP contribution in [0.1, 0.15) is 113 Å². The summed E-state index contributed by atoms with van der Waals surface area (Å²) in [5.41, 5.74) is 1.08. The maximum atomic E-state index is 10.6. The standard InChI is InChI=1S/C30H54O/c1-18(2)21(5)19(3)17-20(4)24-11-12-26-23-9-10-25-22(6)28(31)14-16-30(25,8)27(23)13-15-29(24,26)7/h18-28,31H,9-17H2,1-8H3. The molecule has 0 radical (unpaired) electrons. The van der Waals surface area contributed by atoms with E-state index in [-0.39, 0.29) is 6.10 Å². The van der Waals surface area contributed by atoms with Crippen LogP contribution in [0.3, 0.4) is 0 Å². The van der Waals surface area contributed by atoms with Crippen LogP contribution in [0, 0.1) is 70.0 Å². The van der Waals surface area contributed by atoms with Crippen LogP contribution in [0.4, 0.5) is 0 Å². The van der Waals surface area contributed by atoms with E-state index < -0.39 is 0 Å². The molecule has 0 aromatic heterocycles. The third-order valence-corrected chi connectivity index (χ3v) is 12.6. The monoisotopic (exact) mass is 430 g/mol. The van der Waals surface area contributed by atoms with Crippen LogP contribution < -0.4 is 0 Å². The molecule has 1 nitrogen and oxygen atoms in total. The second kappa shape index (κ2) is 8.63. The van der Waals surface area contributed by atoms with Gasteiger partial charge in [-0.1, -0.05) is 55.4 Å². The molecule has 1 N–H and O–H groups in total. The lowest BCUT2D eigenvalue weighted by Gasteiger charge is -2.62. The van der Waals surface area contributed by atoms with Gasteiger partial charge >= 0.3 is 0 Å². The van der Waals surface area contributed by atoms with Gasteiger partial charge in [0.25, 0.3) is 0 Å². The Kier molecular flexibility index (Phi) is 6.71. The quantitative estimate of drug-likeness (QED) is 0.466. The predicted octanol–water partition coefficient (Wildman–Crippen LogP) is 8.21. The second-order valence-corrected chi connectivity index (χ2v) is 14.1. The molecule has 0 amide bonds. The molecule has 31 heavy (non-hydrogen) atoms. The van der Waals surface area contributed by atoms with Crippen LogP contribution in [0.25, 0.3) is 0 Å². The molecule has 4 aliphatic rings. The van der Waals surface area contributed by atoms with E-state index >= 15 is 0 Å². The minimum Gasteiger partial charge on any atom is -0.393 e. The molecular formula is C30H54O. The molecule has 0 aromatic carbocycles. The highest BCUT2D eigenvalue weighted by Gasteiger charge is 2.61. The van der Waals surface area contributed by atoms with Crippen LogP contribution in [0.2, 0.25) is 0 Å². The molecule has 0 heterocycles. The van der Waals surface area contributed by atoms with Crippen molar-refractivity contribution in [1.82, 2.24) is 0 Å². The van der Waals surface area contributed by atoms with Gasteiger partial charge < -0.3 is 5.11 Å². The average molecular weight is 431 g/mol. The minimum atomic E-state index is -0.0459. The highest BCUT2D eigenvalue weighted by Crippen LogP contribution is 2.69. The van der Waals surface area contributed by atoms with E-state index in [1.807, 2.05) is 0 Å². The number of fused-ring (bicyclic) bond motifs is 5. The Morgan fingerprint density at radius 1 is 0.774 bits per heavy atom. The Balaban J connectivity index is 1.49. The number of rotatable bonds is 5. The van der Waals surface area contributed by atoms with Crippen LogP contribution in [0.5, 0.6) is 0 Å². The summed E-state index contributed by atoms with van der Waals surface area (Å²) < 4.78 is 0. The molecule has 1 heteroatoms. The van der Waals surface area contributed by atoms with Crippen LogP contribution in [0.15, 0.2) is 0 Å². The van der Waals surface area contributed by atoms with Crippen molar-refractivity contribution >= 4 is 0 Å². The SMILES string of the molecule is CC(C)C(C)C(C)CC(C)C1CCC2C3CCC4C(C)C(O)CCC4(C)C3CCC12C. The topological polar surface area (TPSA) is 20.2 Å². The first-order valence-electron chi connectivity index (χ1n) is 14.2. The fourth-order valence-electron chi connectivity index (χ4n) is 10.3. The van der Waals surface area contributed by atoms with Crippen molar-refractivity contribution in [3.05, 3.63) is 0 Å². The summed E-state index contributed by atoms with van der Waals surface area (Å²) in [6.45, 7) is 20.1. The largest absolute Gasteiger partial charge is 0.393 e. The van der Waals surface area contributed by atoms with Crippen molar-refractivity contribution in [2.75, 3.05) is 0 Å². The van der Waals surface area contributed by atoms with Gasteiger partial charge in [-0.05, 0) is 128 Å². The van der Waals surface area contributed by atoms with E-state index in [0.717, 1.165) is 59.7 Å². The molecule has 4 fully saturated rings. The predicted molar refractivity (Wildman–Crippen MR) is 133 cm³/mol. The zero-order valence-corrected chi connectivity index (χ0v) is 22.2. The van der Waals surface area contributed by atoms with Gasteiger partial charge in [-0.25, -0.2) is 0 Å². The first-order valence-corrected chi connectivity index (χ1v) is 14.2. The number of aliphatic hydroxyl groups is 1. The molecule has 0 saturated heterocycles. The van der Waals surface area contributed by atoms with Crippen LogP contribution in [-0.4, -0.2) is 11.2 Å². The van der Waals surface area contributed by atoms with Crippen molar-refractivity contribution < 1.29 is 5.11 Å². The van der Waals surface area contributed by atoms with Gasteiger partial charge in [0, 0.05) is 0 Å². The molecule has 180 valence electrons. The van der Waals surface area contributed by atoms with Gasteiger partial charge in [0.05, 0.1) is 6.10 Å². The summed E-state index contributed by atoms with van der Waals surface area (Å²) in [4.78, 5) is 0. The van der Waals surface area contributed by atoms with Crippen molar-refractivity contribution in [3.8, 4) is 0 Å². The van der Waals surface area contributed by atoms with E-state index in [1.54, 1.807) is 0 Å². The maximum Gasteiger partial charge on any atom is 0.0568 e. The van der Waals surface area contributed by atoms with Gasteiger partial charge in [-0.2, -0.15) is 0 Å². The number of hydrogen-bond acceptors (Lipinski definition) is 1. The summed E-state index contributed by atoms with van der Waals surface area (Å²) in [5.74, 6) is 8.43. The summed E-state index contributed by atoms with van der Waals surface area (Å²) in [7, 11) is 0. The summed E-state index contributed by atoms with van der Waals surface area (Å²) in [6, 6.07) is 0. The molecule has 4 aliphatic carbocycles. The van der Waals surface area contributed by atoms with E-state index in [4.69, 9.17) is 0 Å². The zero-order chi connectivity index (χ0) is 22.7. The van der Waals surface area contributed by atoms with Crippen LogP contribution >= 0.6 is 0 Å². The smallest absolute Gasteiger partial charge is 0.0568 e. The van der Waals surface area contributed by atoms with Crippen molar-refractivity contribution in [1.29, 1.82) is 0 Å². The second-order valence-electron chi connectivity index (χ2n) is 14.1. The number of hydrogen-bond donors (Lipinski definition) is 1. The Hall–Kier alpha value is -0.0400. The van der Waals surface area contributed by atoms with Gasteiger partial charge in [-0.15, -0.1) is 0 Å². The van der Waals surface area contributed by atoms with E-state index in [0.29, 0.717) is 16.7 Å². The van der Waals surface area contributed by atoms with E-state index in [9.17, 15) is 5.11 Å². The molecule has 0 spiro atoms. The van der Waals surface area contributed by atoms with Gasteiger partial charge in [0.2, 0.25) is 0 Å². The Bertz CT molecular complexity index is 626. The lowest BCUT2D eigenvalue weighted by molar-refractivity contribution is -0.149. The van der Waals surface area contributed by atoms with Gasteiger partial charge in [-0.3, -0.25) is 0 Å². The van der Waals surface area contributed by atoms with Crippen LogP contribution in [-0.2, 0) is 0 Å². The van der Waals surface area contributed by atoms with Gasteiger partial charge in [0.1, 0.15) is 0 Å². The number of aliphatic hydroxyl groups excluding tert-OH is 1. The van der Waals surface area contributed by atoms with E-state index in [1.165, 1.54) is 51.4 Å². The summed E-state index contributed by atoms with van der Waals surface area (Å²) in [5, 5.41) is 10.6. The molecule has 4 rings (SSSR count). The molecule has 0 aromatic rings. The average Bonchev–Trinajstić information content (AvgIpc) is 3.07. The molecule has 12 unspecified atom stereocenters. The van der Waals surface area contributed by atoms with Crippen molar-refractivity contribution in [2.24, 2.45) is 70.0 Å². The lowest BCUT2D eigenvalue weighted by atomic mass is 9.43. The first-order chi connectivity index (χ1) is 14.5. The third-order valence-electron chi connectivity index (χ3n) is 12.6.